The Morgan fingerprint density at radius 3 is 2.54 bits per heavy atom. The number of aliphatic hydroxyl groups is 1. The normalized spacial score (nSPS) is 14.8. The number of halogens is 2. The van der Waals surface area contributed by atoms with Crippen molar-refractivity contribution in [3.63, 3.8) is 0 Å². The molecule has 4 aromatic heterocycles. The maximum Gasteiger partial charge on any atom is 0.278 e. The highest BCUT2D eigenvalue weighted by Gasteiger charge is 2.26. The molecule has 1 saturated heterocycles. The fourth-order valence-corrected chi connectivity index (χ4v) is 8.38. The number of piperazine rings is 1. The first-order valence-corrected chi connectivity index (χ1v) is 19.9. The lowest BCUT2D eigenvalue weighted by atomic mass is 9.99. The molecule has 0 radical (unpaired) electrons. The Bertz CT molecular complexity index is 2830. The highest BCUT2D eigenvalue weighted by molar-refractivity contribution is 6.33. The summed E-state index contributed by atoms with van der Waals surface area (Å²) >= 11 is 6.91. The molecule has 1 fully saturated rings. The van der Waals surface area contributed by atoms with Crippen molar-refractivity contribution >= 4 is 56.8 Å². The first-order chi connectivity index (χ1) is 28.4. The third-order valence-corrected chi connectivity index (χ3v) is 11.3. The van der Waals surface area contributed by atoms with Crippen LogP contribution in [-0.2, 0) is 25.1 Å². The van der Waals surface area contributed by atoms with E-state index in [1.165, 1.54) is 23.0 Å². The second-order valence-corrected chi connectivity index (χ2v) is 15.9. The fourth-order valence-electron chi connectivity index (χ4n) is 8.08. The zero-order valence-electron chi connectivity index (χ0n) is 32.6. The Morgan fingerprint density at radius 1 is 1.00 bits per heavy atom. The SMILES string of the molecule is C=CCn1c(=O)c2cnc(Nc3ccc(N4CCN(Cc5ccc(-c6[nH]c7cc(F)cc8c7c6CCNC8=O)c(Cl)c5)CC4)cc3)nc2n1-c1cccc(C(C)(C)O)n1. The van der Waals surface area contributed by atoms with E-state index in [9.17, 15) is 19.1 Å². The van der Waals surface area contributed by atoms with Crippen LogP contribution in [0.4, 0.5) is 21.7 Å². The maximum absolute atomic E-state index is 14.4. The van der Waals surface area contributed by atoms with Crippen molar-refractivity contribution in [2.24, 2.45) is 0 Å². The number of anilines is 3. The van der Waals surface area contributed by atoms with Crippen molar-refractivity contribution in [3.8, 4) is 17.1 Å². The van der Waals surface area contributed by atoms with Gasteiger partial charge < -0.3 is 25.6 Å². The molecular weight excluding hydrogens is 771 g/mol. The van der Waals surface area contributed by atoms with Gasteiger partial charge in [0.1, 0.15) is 16.8 Å². The van der Waals surface area contributed by atoms with E-state index in [2.05, 4.69) is 60.2 Å². The summed E-state index contributed by atoms with van der Waals surface area (Å²) in [4.78, 5) is 48.0. The summed E-state index contributed by atoms with van der Waals surface area (Å²) in [5.74, 6) is 0.0221. The molecular formula is C44H42ClFN10O3. The molecule has 0 unspecified atom stereocenters. The molecule has 7 aromatic rings. The van der Waals surface area contributed by atoms with Crippen molar-refractivity contribution in [3.05, 3.63) is 135 Å². The van der Waals surface area contributed by atoms with Gasteiger partial charge in [0.2, 0.25) is 5.95 Å². The van der Waals surface area contributed by atoms with Gasteiger partial charge in [-0.05, 0) is 86.0 Å². The number of allylic oxidation sites excluding steroid dienone is 1. The smallest absolute Gasteiger partial charge is 0.278 e. The predicted octanol–water partition coefficient (Wildman–Crippen LogP) is 6.68. The molecule has 6 heterocycles. The molecule has 59 heavy (non-hydrogen) atoms. The summed E-state index contributed by atoms with van der Waals surface area (Å²) in [6.45, 7) is 12.0. The second-order valence-electron chi connectivity index (χ2n) is 15.5. The van der Waals surface area contributed by atoms with Gasteiger partial charge in [-0.1, -0.05) is 35.9 Å². The van der Waals surface area contributed by atoms with E-state index in [1.54, 1.807) is 42.8 Å². The quantitative estimate of drug-likeness (QED) is 0.111. The highest BCUT2D eigenvalue weighted by atomic mass is 35.5. The summed E-state index contributed by atoms with van der Waals surface area (Å²) < 4.78 is 17.6. The Morgan fingerprint density at radius 2 is 1.80 bits per heavy atom. The second kappa shape index (κ2) is 15.1. The minimum atomic E-state index is -1.18. The Labute approximate surface area is 343 Å². The number of carbonyl (C=O) groups excluding carboxylic acids is 1. The van der Waals surface area contributed by atoms with E-state index >= 15 is 0 Å². The van der Waals surface area contributed by atoms with Crippen molar-refractivity contribution in [2.45, 2.75) is 39.0 Å². The van der Waals surface area contributed by atoms with Crippen LogP contribution in [0.15, 0.2) is 96.4 Å². The van der Waals surface area contributed by atoms with Crippen molar-refractivity contribution in [1.82, 2.24) is 39.5 Å². The maximum atomic E-state index is 14.4. The number of aromatic nitrogens is 6. The zero-order valence-corrected chi connectivity index (χ0v) is 33.4. The lowest BCUT2D eigenvalue weighted by Gasteiger charge is -2.36. The number of pyridine rings is 1. The number of hydrogen-bond donors (Lipinski definition) is 4. The lowest BCUT2D eigenvalue weighted by molar-refractivity contribution is 0.0737. The molecule has 4 N–H and O–H groups in total. The average molecular weight is 813 g/mol. The van der Waals surface area contributed by atoms with Gasteiger partial charge in [0.15, 0.2) is 11.5 Å². The van der Waals surface area contributed by atoms with E-state index in [0.717, 1.165) is 71.9 Å². The van der Waals surface area contributed by atoms with Gasteiger partial charge in [0.25, 0.3) is 11.5 Å². The Hall–Kier alpha value is -6.35. The molecule has 0 bridgehead atoms. The molecule has 2 aliphatic rings. The van der Waals surface area contributed by atoms with Gasteiger partial charge in [-0.3, -0.25) is 14.5 Å². The van der Waals surface area contributed by atoms with Gasteiger partial charge in [-0.2, -0.15) is 4.98 Å². The summed E-state index contributed by atoms with van der Waals surface area (Å²) in [6, 6.07) is 22.2. The number of H-pyrrole nitrogens is 1. The van der Waals surface area contributed by atoms with Crippen LogP contribution in [-0.4, -0.2) is 77.9 Å². The zero-order chi connectivity index (χ0) is 41.0. The van der Waals surface area contributed by atoms with Gasteiger partial charge in [0.05, 0.1) is 28.5 Å². The van der Waals surface area contributed by atoms with Crippen LogP contribution in [0.5, 0.6) is 0 Å². The molecule has 0 spiro atoms. The minimum Gasteiger partial charge on any atom is -0.384 e. The third-order valence-electron chi connectivity index (χ3n) is 11.0. The summed E-state index contributed by atoms with van der Waals surface area (Å²) in [7, 11) is 0. The van der Waals surface area contributed by atoms with Crippen LogP contribution >= 0.6 is 11.6 Å². The summed E-state index contributed by atoms with van der Waals surface area (Å²) in [5.41, 5.74) is 5.91. The number of benzene rings is 3. The topological polar surface area (TPSA) is 149 Å². The van der Waals surface area contributed by atoms with Crippen LogP contribution in [0.2, 0.25) is 5.02 Å². The molecule has 1 amide bonds. The van der Waals surface area contributed by atoms with E-state index in [0.29, 0.717) is 57.6 Å². The first-order valence-electron chi connectivity index (χ1n) is 19.5. The monoisotopic (exact) mass is 812 g/mol. The van der Waals surface area contributed by atoms with Crippen molar-refractivity contribution in [1.29, 1.82) is 0 Å². The van der Waals surface area contributed by atoms with Gasteiger partial charge in [-0.25, -0.2) is 23.7 Å². The highest BCUT2D eigenvalue weighted by Crippen LogP contribution is 2.38. The number of hydrogen-bond acceptors (Lipinski definition) is 9. The summed E-state index contributed by atoms with van der Waals surface area (Å²) in [6.07, 6.45) is 3.76. The number of rotatable bonds is 10. The van der Waals surface area contributed by atoms with Crippen LogP contribution < -0.4 is 21.1 Å². The third kappa shape index (κ3) is 7.24. The van der Waals surface area contributed by atoms with Gasteiger partial charge in [-0.15, -0.1) is 6.58 Å². The lowest BCUT2D eigenvalue weighted by Crippen LogP contribution is -2.45. The number of nitrogens with one attached hydrogen (secondary N) is 3. The fraction of sp³-hybridized carbons (Fsp3) is 0.250. The predicted molar refractivity (Wildman–Crippen MR) is 228 cm³/mol. The molecule has 9 rings (SSSR count). The van der Waals surface area contributed by atoms with Crippen molar-refractivity contribution < 1.29 is 14.3 Å². The largest absolute Gasteiger partial charge is 0.384 e. The average Bonchev–Trinajstić information content (AvgIpc) is 3.64. The summed E-state index contributed by atoms with van der Waals surface area (Å²) in [5, 5.41) is 18.4. The van der Waals surface area contributed by atoms with E-state index < -0.39 is 11.4 Å². The molecule has 0 atom stereocenters. The van der Waals surface area contributed by atoms with E-state index in [1.807, 2.05) is 24.3 Å². The van der Waals surface area contributed by atoms with Crippen LogP contribution in [0.25, 0.3) is 39.0 Å². The number of carbonyl (C=O) groups is 1. The molecule has 0 aliphatic carbocycles. The molecule has 13 nitrogen and oxygen atoms in total. The minimum absolute atomic E-state index is 0.228. The van der Waals surface area contributed by atoms with Crippen LogP contribution in [0.1, 0.15) is 41.0 Å². The number of amides is 1. The molecule has 15 heteroatoms. The van der Waals surface area contributed by atoms with Crippen LogP contribution in [0, 0.1) is 5.82 Å². The Balaban J connectivity index is 0.864. The number of fused-ring (bicyclic) bond motifs is 1. The van der Waals surface area contributed by atoms with Gasteiger partial charge in [0, 0.05) is 73.3 Å². The van der Waals surface area contributed by atoms with Crippen LogP contribution in [0.3, 0.4) is 0 Å². The number of aromatic amines is 1. The standard InChI is InChI=1S/C44H42ClFN10O3/c1-4-16-55-42(58)33-24-48-43(52-40(33)56(55)37-7-5-6-36(51-37)44(2,3)59)49-28-9-11-29(12-10-28)54-19-17-53(18-20-54)25-26-8-13-30(34(45)21-26)39-31-14-15-47-41(57)32-22-27(46)23-35(50-39)38(31)32/h4-13,21-24,50,59H,1,14-20,25H2,2-3H3,(H,47,57)(H,48,49,52). The van der Waals surface area contributed by atoms with Crippen molar-refractivity contribution in [2.75, 3.05) is 42.9 Å². The molecule has 300 valence electrons. The Kier molecular flexibility index (Phi) is 9.78. The molecule has 0 saturated carbocycles. The molecule has 2 aliphatic heterocycles. The number of nitrogens with zero attached hydrogens (tertiary/aromatic N) is 7. The van der Waals surface area contributed by atoms with Gasteiger partial charge >= 0.3 is 0 Å². The first kappa shape index (κ1) is 38.2. The van der Waals surface area contributed by atoms with E-state index in [-0.39, 0.29) is 18.0 Å². The van der Waals surface area contributed by atoms with E-state index in [4.69, 9.17) is 16.6 Å². The molecule has 3 aromatic carbocycles.